The summed E-state index contributed by atoms with van der Waals surface area (Å²) >= 11 is 0. The van der Waals surface area contributed by atoms with Gasteiger partial charge in [-0.05, 0) is 5.56 Å². The first-order valence-corrected chi connectivity index (χ1v) is 5.85. The zero-order chi connectivity index (χ0) is 11.6. The number of ether oxygens (including phenoxy) is 2. The topological polar surface area (TPSA) is 18.5 Å². The molecule has 0 aromatic heterocycles. The van der Waals surface area contributed by atoms with Crippen LogP contribution in [-0.4, -0.2) is 19.5 Å². The van der Waals surface area contributed by atoms with E-state index in [0.29, 0.717) is 5.92 Å². The van der Waals surface area contributed by atoms with Crippen molar-refractivity contribution in [1.82, 2.24) is 0 Å². The Morgan fingerprint density at radius 1 is 1.00 bits per heavy atom. The standard InChI is InChI=1S/C14H20O2/c1-14(2,3)13-15-9-12(10-16-13)11-7-5-4-6-8-11/h4-8,12-13H,9-10H2,1-3H3. The second kappa shape index (κ2) is 4.56. The Bertz CT molecular complexity index is 318. The maximum atomic E-state index is 5.79. The highest BCUT2D eigenvalue weighted by atomic mass is 16.7. The predicted octanol–water partition coefficient (Wildman–Crippen LogP) is 3.19. The van der Waals surface area contributed by atoms with E-state index < -0.39 is 0 Å². The largest absolute Gasteiger partial charge is 0.351 e. The van der Waals surface area contributed by atoms with Crippen LogP contribution in [0.15, 0.2) is 30.3 Å². The summed E-state index contributed by atoms with van der Waals surface area (Å²) in [4.78, 5) is 0. The second-order valence-corrected chi connectivity index (χ2v) is 5.47. The molecule has 0 amide bonds. The molecule has 2 nitrogen and oxygen atoms in total. The zero-order valence-electron chi connectivity index (χ0n) is 10.3. The first kappa shape index (κ1) is 11.6. The van der Waals surface area contributed by atoms with E-state index in [4.69, 9.17) is 9.47 Å². The fraction of sp³-hybridized carbons (Fsp3) is 0.571. The van der Waals surface area contributed by atoms with E-state index in [2.05, 4.69) is 45.0 Å². The third-order valence-corrected chi connectivity index (χ3v) is 2.88. The molecule has 0 saturated carbocycles. The third-order valence-electron chi connectivity index (χ3n) is 2.88. The molecule has 1 fully saturated rings. The molecule has 1 aliphatic rings. The summed E-state index contributed by atoms with van der Waals surface area (Å²) in [6, 6.07) is 10.4. The van der Waals surface area contributed by atoms with E-state index in [1.807, 2.05) is 6.07 Å². The van der Waals surface area contributed by atoms with Crippen molar-refractivity contribution in [3.63, 3.8) is 0 Å². The van der Waals surface area contributed by atoms with Crippen molar-refractivity contribution in [2.45, 2.75) is 33.0 Å². The molecule has 2 heteroatoms. The van der Waals surface area contributed by atoms with Crippen LogP contribution in [0.5, 0.6) is 0 Å². The molecule has 1 aliphatic heterocycles. The van der Waals surface area contributed by atoms with Crippen LogP contribution in [0.25, 0.3) is 0 Å². The number of benzene rings is 1. The second-order valence-electron chi connectivity index (χ2n) is 5.47. The summed E-state index contributed by atoms with van der Waals surface area (Å²) < 4.78 is 11.6. The molecule has 0 N–H and O–H groups in total. The van der Waals surface area contributed by atoms with E-state index in [1.165, 1.54) is 5.56 Å². The minimum absolute atomic E-state index is 0.0572. The van der Waals surface area contributed by atoms with Gasteiger partial charge in [0.15, 0.2) is 6.29 Å². The smallest absolute Gasteiger partial charge is 0.162 e. The fourth-order valence-corrected chi connectivity index (χ4v) is 1.92. The molecule has 0 radical (unpaired) electrons. The lowest BCUT2D eigenvalue weighted by molar-refractivity contribution is -0.231. The van der Waals surface area contributed by atoms with E-state index >= 15 is 0 Å². The Hall–Kier alpha value is -0.860. The molecule has 1 heterocycles. The maximum Gasteiger partial charge on any atom is 0.162 e. The van der Waals surface area contributed by atoms with Gasteiger partial charge in [-0.25, -0.2) is 0 Å². The Balaban J connectivity index is 1.96. The monoisotopic (exact) mass is 220 g/mol. The highest BCUT2D eigenvalue weighted by molar-refractivity contribution is 5.19. The van der Waals surface area contributed by atoms with Crippen LogP contribution in [-0.2, 0) is 9.47 Å². The Morgan fingerprint density at radius 2 is 1.56 bits per heavy atom. The Morgan fingerprint density at radius 3 is 2.06 bits per heavy atom. The van der Waals surface area contributed by atoms with Gasteiger partial charge in [0, 0.05) is 11.3 Å². The number of rotatable bonds is 1. The normalized spacial score (nSPS) is 26.7. The third kappa shape index (κ3) is 2.63. The first-order valence-electron chi connectivity index (χ1n) is 5.85. The number of hydrogen-bond donors (Lipinski definition) is 0. The molecule has 0 atom stereocenters. The van der Waals surface area contributed by atoms with Gasteiger partial charge >= 0.3 is 0 Å². The van der Waals surface area contributed by atoms with Crippen molar-refractivity contribution in [2.24, 2.45) is 5.41 Å². The molecule has 0 bridgehead atoms. The quantitative estimate of drug-likeness (QED) is 0.723. The summed E-state index contributed by atoms with van der Waals surface area (Å²) in [5.41, 5.74) is 1.36. The molecule has 0 aliphatic carbocycles. The fourth-order valence-electron chi connectivity index (χ4n) is 1.92. The summed E-state index contributed by atoms with van der Waals surface area (Å²) in [6.07, 6.45) is -0.0764. The molecule has 2 rings (SSSR count). The van der Waals surface area contributed by atoms with Gasteiger partial charge in [-0.3, -0.25) is 0 Å². The van der Waals surface area contributed by atoms with Crippen LogP contribution in [0, 0.1) is 5.41 Å². The van der Waals surface area contributed by atoms with Crippen molar-refractivity contribution < 1.29 is 9.47 Å². The Labute approximate surface area is 97.6 Å². The van der Waals surface area contributed by atoms with E-state index in [9.17, 15) is 0 Å². The predicted molar refractivity (Wildman–Crippen MR) is 64.3 cm³/mol. The molecule has 88 valence electrons. The lowest BCUT2D eigenvalue weighted by Gasteiger charge is -2.36. The van der Waals surface area contributed by atoms with Gasteiger partial charge in [-0.15, -0.1) is 0 Å². The molecule has 16 heavy (non-hydrogen) atoms. The van der Waals surface area contributed by atoms with Crippen molar-refractivity contribution in [1.29, 1.82) is 0 Å². The molecule has 1 aromatic rings. The van der Waals surface area contributed by atoms with Crippen molar-refractivity contribution >= 4 is 0 Å². The SMILES string of the molecule is CC(C)(C)C1OCC(c2ccccc2)CO1. The first-order chi connectivity index (χ1) is 7.57. The maximum absolute atomic E-state index is 5.79. The molecule has 1 aromatic carbocycles. The summed E-state index contributed by atoms with van der Waals surface area (Å²) in [6.45, 7) is 7.93. The average molecular weight is 220 g/mol. The van der Waals surface area contributed by atoms with Crippen LogP contribution in [0.4, 0.5) is 0 Å². The molecule has 1 saturated heterocycles. The highest BCUT2D eigenvalue weighted by Crippen LogP contribution is 2.30. The van der Waals surface area contributed by atoms with Gasteiger partial charge < -0.3 is 9.47 Å². The van der Waals surface area contributed by atoms with Crippen molar-refractivity contribution in [3.05, 3.63) is 35.9 Å². The molecule has 0 spiro atoms. The van der Waals surface area contributed by atoms with Gasteiger partial charge in [0.2, 0.25) is 0 Å². The lowest BCUT2D eigenvalue weighted by atomic mass is 9.94. The Kier molecular flexibility index (Phi) is 3.31. The van der Waals surface area contributed by atoms with Crippen LogP contribution >= 0.6 is 0 Å². The van der Waals surface area contributed by atoms with E-state index in [0.717, 1.165) is 13.2 Å². The summed E-state index contributed by atoms with van der Waals surface area (Å²) in [5.74, 6) is 0.375. The highest BCUT2D eigenvalue weighted by Gasteiger charge is 2.31. The molecule has 0 unspecified atom stereocenters. The van der Waals surface area contributed by atoms with Crippen molar-refractivity contribution in [3.8, 4) is 0 Å². The van der Waals surface area contributed by atoms with Crippen molar-refractivity contribution in [2.75, 3.05) is 13.2 Å². The minimum Gasteiger partial charge on any atom is -0.351 e. The van der Waals surface area contributed by atoms with Crippen LogP contribution in [0.1, 0.15) is 32.3 Å². The van der Waals surface area contributed by atoms with Crippen LogP contribution < -0.4 is 0 Å². The van der Waals surface area contributed by atoms with Gasteiger partial charge in [-0.1, -0.05) is 51.1 Å². The lowest BCUT2D eigenvalue weighted by Crippen LogP contribution is -2.39. The van der Waals surface area contributed by atoms with E-state index in [-0.39, 0.29) is 11.7 Å². The average Bonchev–Trinajstić information content (AvgIpc) is 2.29. The van der Waals surface area contributed by atoms with Crippen LogP contribution in [0.2, 0.25) is 0 Å². The van der Waals surface area contributed by atoms with Gasteiger partial charge in [-0.2, -0.15) is 0 Å². The zero-order valence-corrected chi connectivity index (χ0v) is 10.3. The summed E-state index contributed by atoms with van der Waals surface area (Å²) in [7, 11) is 0. The molecular formula is C14H20O2. The molecular weight excluding hydrogens is 200 g/mol. The minimum atomic E-state index is -0.0764. The van der Waals surface area contributed by atoms with Gasteiger partial charge in [0.25, 0.3) is 0 Å². The summed E-state index contributed by atoms with van der Waals surface area (Å²) in [5, 5.41) is 0. The van der Waals surface area contributed by atoms with Crippen LogP contribution in [0.3, 0.4) is 0 Å². The van der Waals surface area contributed by atoms with Gasteiger partial charge in [0.1, 0.15) is 0 Å². The van der Waals surface area contributed by atoms with Gasteiger partial charge in [0.05, 0.1) is 13.2 Å². The number of hydrogen-bond acceptors (Lipinski definition) is 2. The van der Waals surface area contributed by atoms with E-state index in [1.54, 1.807) is 0 Å².